The lowest BCUT2D eigenvalue weighted by molar-refractivity contribution is -0.137. The van der Waals surface area contributed by atoms with E-state index < -0.39 is 5.97 Å². The maximum absolute atomic E-state index is 12.0. The molecule has 0 atom stereocenters. The normalized spacial score (nSPS) is 10.5. The summed E-state index contributed by atoms with van der Waals surface area (Å²) in [4.78, 5) is 22.4. The number of aromatic nitrogens is 1. The summed E-state index contributed by atoms with van der Waals surface area (Å²) in [5.41, 5.74) is 2.69. The Morgan fingerprint density at radius 2 is 1.83 bits per heavy atom. The van der Waals surface area contributed by atoms with E-state index in [9.17, 15) is 9.59 Å². The number of unbranched alkanes of at least 4 members (excludes halogenated alkanes) is 3. The fourth-order valence-corrected chi connectivity index (χ4v) is 2.29. The van der Waals surface area contributed by atoms with Gasteiger partial charge in [-0.1, -0.05) is 47.8 Å². The molecule has 1 amide bonds. The van der Waals surface area contributed by atoms with E-state index >= 15 is 0 Å². The van der Waals surface area contributed by atoms with Crippen LogP contribution in [0, 0.1) is 6.92 Å². The molecule has 0 saturated heterocycles. The van der Waals surface area contributed by atoms with Gasteiger partial charge in [0.25, 0.3) is 5.91 Å². The third kappa shape index (κ3) is 5.53. The summed E-state index contributed by atoms with van der Waals surface area (Å²) >= 11 is 0. The first-order valence-electron chi connectivity index (χ1n) is 8.10. The Kier molecular flexibility index (Phi) is 6.54. The number of nitrogens with zero attached hydrogens (tertiary/aromatic N) is 1. The van der Waals surface area contributed by atoms with Crippen molar-refractivity contribution < 1.29 is 19.2 Å². The molecule has 24 heavy (non-hydrogen) atoms. The van der Waals surface area contributed by atoms with Crippen molar-refractivity contribution in [2.45, 2.75) is 39.0 Å². The lowest BCUT2D eigenvalue weighted by Gasteiger charge is -2.02. The Bertz CT molecular complexity index is 677. The van der Waals surface area contributed by atoms with Crippen LogP contribution in [0.4, 0.5) is 0 Å². The molecule has 1 aromatic heterocycles. The van der Waals surface area contributed by atoms with Gasteiger partial charge in [0.05, 0.1) is 0 Å². The molecular formula is C18H22N2O4. The zero-order valence-corrected chi connectivity index (χ0v) is 13.7. The minimum Gasteiger partial charge on any atom is -0.481 e. The zero-order valence-electron chi connectivity index (χ0n) is 13.7. The molecule has 0 radical (unpaired) electrons. The van der Waals surface area contributed by atoms with E-state index in [0.717, 1.165) is 30.4 Å². The van der Waals surface area contributed by atoms with Gasteiger partial charge in [-0.3, -0.25) is 9.59 Å². The van der Waals surface area contributed by atoms with Crippen molar-refractivity contribution in [3.05, 3.63) is 41.7 Å². The summed E-state index contributed by atoms with van der Waals surface area (Å²) in [5.74, 6) is -0.860. The summed E-state index contributed by atoms with van der Waals surface area (Å²) in [5, 5.41) is 15.3. The number of nitrogens with one attached hydrogen (secondary N) is 1. The summed E-state index contributed by atoms with van der Waals surface area (Å²) in [6.45, 7) is 2.54. The highest BCUT2D eigenvalue weighted by molar-refractivity contribution is 5.92. The number of rotatable bonds is 9. The Labute approximate surface area is 140 Å². The smallest absolute Gasteiger partial charge is 0.303 e. The highest BCUT2D eigenvalue weighted by Crippen LogP contribution is 2.19. The number of hydrogen-bond donors (Lipinski definition) is 2. The first-order chi connectivity index (χ1) is 11.6. The number of benzene rings is 1. The van der Waals surface area contributed by atoms with Crippen molar-refractivity contribution in [3.63, 3.8) is 0 Å². The molecule has 0 aliphatic rings. The van der Waals surface area contributed by atoms with E-state index in [1.807, 2.05) is 31.2 Å². The van der Waals surface area contributed by atoms with Crippen LogP contribution in [0.15, 0.2) is 34.9 Å². The second-order valence-corrected chi connectivity index (χ2v) is 5.76. The zero-order chi connectivity index (χ0) is 17.4. The fourth-order valence-electron chi connectivity index (χ4n) is 2.29. The quantitative estimate of drug-likeness (QED) is 0.687. The van der Waals surface area contributed by atoms with Crippen molar-refractivity contribution >= 4 is 11.9 Å². The van der Waals surface area contributed by atoms with Gasteiger partial charge in [0, 0.05) is 24.6 Å². The number of amides is 1. The van der Waals surface area contributed by atoms with Gasteiger partial charge in [-0.2, -0.15) is 0 Å². The highest BCUT2D eigenvalue weighted by Gasteiger charge is 2.13. The maximum Gasteiger partial charge on any atom is 0.303 e. The summed E-state index contributed by atoms with van der Waals surface area (Å²) in [7, 11) is 0. The molecule has 0 bridgehead atoms. The number of carbonyl (C=O) groups is 2. The van der Waals surface area contributed by atoms with E-state index in [1.54, 1.807) is 6.07 Å². The highest BCUT2D eigenvalue weighted by atomic mass is 16.5. The van der Waals surface area contributed by atoms with E-state index in [-0.39, 0.29) is 18.1 Å². The standard InChI is InChI=1S/C18H22N2O4/c1-13-7-9-14(10-8-13)15-12-16(24-20-15)18(23)19-11-5-3-2-4-6-17(21)22/h7-10,12H,2-6,11H2,1H3,(H,19,23)(H,21,22). The second-order valence-electron chi connectivity index (χ2n) is 5.76. The van der Waals surface area contributed by atoms with Crippen molar-refractivity contribution in [1.82, 2.24) is 10.5 Å². The Morgan fingerprint density at radius 1 is 1.12 bits per heavy atom. The largest absolute Gasteiger partial charge is 0.481 e. The van der Waals surface area contributed by atoms with E-state index in [4.69, 9.17) is 9.63 Å². The van der Waals surface area contributed by atoms with Crippen LogP contribution in [0.3, 0.4) is 0 Å². The average Bonchev–Trinajstić information content (AvgIpc) is 3.04. The molecule has 0 unspecified atom stereocenters. The van der Waals surface area contributed by atoms with Gasteiger partial charge in [0.2, 0.25) is 5.76 Å². The van der Waals surface area contributed by atoms with Gasteiger partial charge >= 0.3 is 5.97 Å². The summed E-state index contributed by atoms with van der Waals surface area (Å²) in [6.07, 6.45) is 3.42. The van der Waals surface area contributed by atoms with Gasteiger partial charge in [0.15, 0.2) is 0 Å². The molecule has 2 aromatic rings. The predicted octanol–water partition coefficient (Wildman–Crippen LogP) is 3.41. The van der Waals surface area contributed by atoms with Crippen LogP contribution in [0.2, 0.25) is 0 Å². The topological polar surface area (TPSA) is 92.4 Å². The van der Waals surface area contributed by atoms with Crippen LogP contribution in [0.25, 0.3) is 11.3 Å². The minimum absolute atomic E-state index is 0.191. The first-order valence-corrected chi connectivity index (χ1v) is 8.10. The summed E-state index contributed by atoms with van der Waals surface area (Å²) < 4.78 is 5.11. The maximum atomic E-state index is 12.0. The van der Waals surface area contributed by atoms with Gasteiger partial charge in [-0.05, 0) is 19.8 Å². The Balaban J connectivity index is 1.73. The molecule has 6 heteroatoms. The molecule has 0 aliphatic heterocycles. The van der Waals surface area contributed by atoms with Gasteiger partial charge in [0.1, 0.15) is 5.69 Å². The Hall–Kier alpha value is -2.63. The molecule has 2 rings (SSSR count). The van der Waals surface area contributed by atoms with Crippen molar-refractivity contribution in [2.75, 3.05) is 6.54 Å². The van der Waals surface area contributed by atoms with Gasteiger partial charge < -0.3 is 14.9 Å². The lowest BCUT2D eigenvalue weighted by atomic mass is 10.1. The molecule has 1 aromatic carbocycles. The predicted molar refractivity (Wildman–Crippen MR) is 89.7 cm³/mol. The van der Waals surface area contributed by atoms with Gasteiger partial charge in [-0.15, -0.1) is 0 Å². The average molecular weight is 330 g/mol. The molecule has 0 fully saturated rings. The van der Waals surface area contributed by atoms with Crippen LogP contribution in [-0.4, -0.2) is 28.7 Å². The number of carbonyl (C=O) groups excluding carboxylic acids is 1. The number of aliphatic carboxylic acids is 1. The lowest BCUT2D eigenvalue weighted by Crippen LogP contribution is -2.23. The monoisotopic (exact) mass is 330 g/mol. The molecule has 6 nitrogen and oxygen atoms in total. The number of aryl methyl sites for hydroxylation is 1. The van der Waals surface area contributed by atoms with Crippen LogP contribution in [-0.2, 0) is 4.79 Å². The second kappa shape index (κ2) is 8.86. The summed E-state index contributed by atoms with van der Waals surface area (Å²) in [6, 6.07) is 9.47. The van der Waals surface area contributed by atoms with E-state index in [0.29, 0.717) is 18.7 Å². The van der Waals surface area contributed by atoms with Crippen molar-refractivity contribution in [1.29, 1.82) is 0 Å². The molecule has 2 N–H and O–H groups in total. The van der Waals surface area contributed by atoms with E-state index in [2.05, 4.69) is 10.5 Å². The molecule has 0 aliphatic carbocycles. The molecular weight excluding hydrogens is 308 g/mol. The van der Waals surface area contributed by atoms with Crippen LogP contribution in [0.1, 0.15) is 48.2 Å². The Morgan fingerprint density at radius 3 is 2.54 bits per heavy atom. The molecule has 1 heterocycles. The van der Waals surface area contributed by atoms with Crippen LogP contribution >= 0.6 is 0 Å². The molecule has 128 valence electrons. The van der Waals surface area contributed by atoms with Crippen molar-refractivity contribution in [3.8, 4) is 11.3 Å². The SMILES string of the molecule is Cc1ccc(-c2cc(C(=O)NCCCCCCC(=O)O)on2)cc1. The molecule has 0 saturated carbocycles. The third-order valence-corrected chi connectivity index (χ3v) is 3.68. The molecule has 0 spiro atoms. The number of carboxylic acids is 1. The fraction of sp³-hybridized carbons (Fsp3) is 0.389. The van der Waals surface area contributed by atoms with Crippen LogP contribution in [0.5, 0.6) is 0 Å². The number of hydrogen-bond acceptors (Lipinski definition) is 4. The first kappa shape index (κ1) is 17.7. The van der Waals surface area contributed by atoms with Crippen LogP contribution < -0.4 is 5.32 Å². The van der Waals surface area contributed by atoms with Gasteiger partial charge in [-0.25, -0.2) is 0 Å². The minimum atomic E-state index is -0.766. The van der Waals surface area contributed by atoms with Crippen molar-refractivity contribution in [2.24, 2.45) is 0 Å². The van der Waals surface area contributed by atoms with E-state index in [1.165, 1.54) is 0 Å². The third-order valence-electron chi connectivity index (χ3n) is 3.68. The number of carboxylic acid groups (broad SMARTS) is 1.